The number of nitrogens with two attached hydrogens (primary N) is 1. The second-order valence-electron chi connectivity index (χ2n) is 5.13. The van der Waals surface area contributed by atoms with Crippen LogP contribution in [-0.4, -0.2) is 19.3 Å². The topological polar surface area (TPSA) is 44.5 Å². The summed E-state index contributed by atoms with van der Waals surface area (Å²) in [5.74, 6) is 0.902. The molecule has 1 aliphatic rings. The predicted molar refractivity (Wildman–Crippen MR) is 72.9 cm³/mol. The fourth-order valence-corrected chi connectivity index (χ4v) is 2.26. The molecule has 1 heterocycles. The van der Waals surface area contributed by atoms with Crippen molar-refractivity contribution in [2.24, 2.45) is 5.73 Å². The van der Waals surface area contributed by atoms with Crippen LogP contribution < -0.4 is 10.5 Å². The first-order valence-corrected chi connectivity index (χ1v) is 6.77. The average Bonchev–Trinajstić information content (AvgIpc) is 2.37. The van der Waals surface area contributed by atoms with E-state index in [1.54, 1.807) is 0 Å². The van der Waals surface area contributed by atoms with Crippen LogP contribution in [0.3, 0.4) is 0 Å². The Morgan fingerprint density at radius 1 is 1.44 bits per heavy atom. The van der Waals surface area contributed by atoms with Gasteiger partial charge in [-0.05, 0) is 44.7 Å². The summed E-state index contributed by atoms with van der Waals surface area (Å²) in [4.78, 5) is 0. The second-order valence-corrected chi connectivity index (χ2v) is 5.13. The Morgan fingerprint density at radius 2 is 2.28 bits per heavy atom. The lowest BCUT2D eigenvalue weighted by molar-refractivity contribution is -0.0113. The Bertz CT molecular complexity index is 384. The van der Waals surface area contributed by atoms with E-state index in [9.17, 15) is 0 Å². The van der Waals surface area contributed by atoms with Crippen LogP contribution in [0.15, 0.2) is 18.2 Å². The SMILES string of the molecule is Cc1ccc([C@@H](C)N)c(OCC2CCCCO2)c1. The molecule has 0 bridgehead atoms. The number of hydrogen-bond donors (Lipinski definition) is 1. The molecule has 0 aliphatic carbocycles. The molecule has 2 atom stereocenters. The predicted octanol–water partition coefficient (Wildman–Crippen LogP) is 2.96. The molecule has 2 N–H and O–H groups in total. The van der Waals surface area contributed by atoms with E-state index in [1.807, 2.05) is 6.92 Å². The van der Waals surface area contributed by atoms with Crippen LogP contribution in [0.2, 0.25) is 0 Å². The van der Waals surface area contributed by atoms with E-state index < -0.39 is 0 Å². The fraction of sp³-hybridized carbons (Fsp3) is 0.600. The molecule has 2 rings (SSSR count). The average molecular weight is 249 g/mol. The number of rotatable bonds is 4. The maximum atomic E-state index is 5.96. The van der Waals surface area contributed by atoms with Crippen molar-refractivity contribution in [3.8, 4) is 5.75 Å². The van der Waals surface area contributed by atoms with Gasteiger partial charge in [0.1, 0.15) is 12.4 Å². The summed E-state index contributed by atoms with van der Waals surface area (Å²) < 4.78 is 11.6. The quantitative estimate of drug-likeness (QED) is 0.892. The first kappa shape index (κ1) is 13.4. The van der Waals surface area contributed by atoms with Gasteiger partial charge in [0.05, 0.1) is 6.10 Å². The molecular weight excluding hydrogens is 226 g/mol. The highest BCUT2D eigenvalue weighted by Gasteiger charge is 2.16. The van der Waals surface area contributed by atoms with Gasteiger partial charge >= 0.3 is 0 Å². The van der Waals surface area contributed by atoms with Crippen LogP contribution in [0, 0.1) is 6.92 Å². The van der Waals surface area contributed by atoms with Crippen LogP contribution in [0.1, 0.15) is 43.4 Å². The van der Waals surface area contributed by atoms with Crippen molar-refractivity contribution in [3.63, 3.8) is 0 Å². The van der Waals surface area contributed by atoms with Crippen molar-refractivity contribution >= 4 is 0 Å². The summed E-state index contributed by atoms with van der Waals surface area (Å²) in [6.45, 7) is 5.54. The van der Waals surface area contributed by atoms with Gasteiger partial charge < -0.3 is 15.2 Å². The normalized spacial score (nSPS) is 21.6. The molecule has 3 heteroatoms. The minimum atomic E-state index is -0.00660. The van der Waals surface area contributed by atoms with Crippen LogP contribution in [0.4, 0.5) is 0 Å². The molecule has 0 saturated carbocycles. The smallest absolute Gasteiger partial charge is 0.124 e. The van der Waals surface area contributed by atoms with Gasteiger partial charge in [-0.25, -0.2) is 0 Å². The van der Waals surface area contributed by atoms with Gasteiger partial charge in [-0.1, -0.05) is 12.1 Å². The largest absolute Gasteiger partial charge is 0.491 e. The molecule has 1 saturated heterocycles. The lowest BCUT2D eigenvalue weighted by atomic mass is 10.1. The lowest BCUT2D eigenvalue weighted by Gasteiger charge is -2.23. The van der Waals surface area contributed by atoms with Crippen molar-refractivity contribution < 1.29 is 9.47 Å². The Morgan fingerprint density at radius 3 is 2.94 bits per heavy atom. The Hall–Kier alpha value is -1.06. The third kappa shape index (κ3) is 3.47. The summed E-state index contributed by atoms with van der Waals surface area (Å²) in [7, 11) is 0. The van der Waals surface area contributed by atoms with Gasteiger partial charge in [0.25, 0.3) is 0 Å². The minimum Gasteiger partial charge on any atom is -0.491 e. The van der Waals surface area contributed by atoms with E-state index in [1.165, 1.54) is 18.4 Å². The standard InChI is InChI=1S/C15H23NO2/c1-11-6-7-14(12(2)16)15(9-11)18-10-13-5-3-4-8-17-13/h6-7,9,12-13H,3-5,8,10,16H2,1-2H3/t12-,13?/m1/s1. The number of hydrogen-bond acceptors (Lipinski definition) is 3. The first-order valence-electron chi connectivity index (χ1n) is 6.77. The van der Waals surface area contributed by atoms with Gasteiger partial charge in [-0.2, -0.15) is 0 Å². The molecular formula is C15H23NO2. The van der Waals surface area contributed by atoms with E-state index in [2.05, 4.69) is 25.1 Å². The molecule has 0 amide bonds. The van der Waals surface area contributed by atoms with E-state index in [0.717, 1.165) is 24.3 Å². The van der Waals surface area contributed by atoms with Crippen LogP contribution >= 0.6 is 0 Å². The van der Waals surface area contributed by atoms with E-state index in [-0.39, 0.29) is 12.1 Å². The number of benzene rings is 1. The van der Waals surface area contributed by atoms with E-state index >= 15 is 0 Å². The fourth-order valence-electron chi connectivity index (χ4n) is 2.26. The molecule has 0 aromatic heterocycles. The second kappa shape index (κ2) is 6.21. The first-order chi connectivity index (χ1) is 8.66. The van der Waals surface area contributed by atoms with Gasteiger partial charge in [-0.15, -0.1) is 0 Å². The summed E-state index contributed by atoms with van der Waals surface area (Å²) in [5.41, 5.74) is 8.22. The van der Waals surface area contributed by atoms with Crippen molar-refractivity contribution in [2.75, 3.05) is 13.2 Å². The minimum absolute atomic E-state index is 0.00660. The van der Waals surface area contributed by atoms with Crippen molar-refractivity contribution in [2.45, 2.75) is 45.3 Å². The zero-order chi connectivity index (χ0) is 13.0. The molecule has 0 spiro atoms. The van der Waals surface area contributed by atoms with Crippen molar-refractivity contribution in [1.29, 1.82) is 0 Å². The molecule has 100 valence electrons. The van der Waals surface area contributed by atoms with Gasteiger partial charge in [0.2, 0.25) is 0 Å². The summed E-state index contributed by atoms with van der Waals surface area (Å²) in [6, 6.07) is 6.18. The van der Waals surface area contributed by atoms with E-state index in [0.29, 0.717) is 6.61 Å². The lowest BCUT2D eigenvalue weighted by Crippen LogP contribution is -2.26. The van der Waals surface area contributed by atoms with Gasteiger partial charge in [0.15, 0.2) is 0 Å². The molecule has 18 heavy (non-hydrogen) atoms. The summed E-state index contributed by atoms with van der Waals surface area (Å²) >= 11 is 0. The zero-order valence-electron chi connectivity index (χ0n) is 11.3. The van der Waals surface area contributed by atoms with Crippen molar-refractivity contribution in [3.05, 3.63) is 29.3 Å². The van der Waals surface area contributed by atoms with Crippen LogP contribution in [-0.2, 0) is 4.74 Å². The van der Waals surface area contributed by atoms with Gasteiger partial charge in [0, 0.05) is 18.2 Å². The summed E-state index contributed by atoms with van der Waals surface area (Å²) in [5, 5.41) is 0. The Balaban J connectivity index is 2.00. The molecule has 1 fully saturated rings. The molecule has 1 aromatic rings. The Labute approximate surface area is 109 Å². The maximum absolute atomic E-state index is 5.96. The zero-order valence-corrected chi connectivity index (χ0v) is 11.3. The molecule has 1 unspecified atom stereocenters. The monoisotopic (exact) mass is 249 g/mol. The number of ether oxygens (including phenoxy) is 2. The highest BCUT2D eigenvalue weighted by atomic mass is 16.5. The molecule has 0 radical (unpaired) electrons. The highest BCUT2D eigenvalue weighted by molar-refractivity contribution is 5.38. The number of aryl methyl sites for hydroxylation is 1. The molecule has 1 aromatic carbocycles. The molecule has 1 aliphatic heterocycles. The van der Waals surface area contributed by atoms with Crippen LogP contribution in [0.5, 0.6) is 5.75 Å². The van der Waals surface area contributed by atoms with Crippen molar-refractivity contribution in [1.82, 2.24) is 0 Å². The van der Waals surface area contributed by atoms with Crippen LogP contribution in [0.25, 0.3) is 0 Å². The molecule has 3 nitrogen and oxygen atoms in total. The van der Waals surface area contributed by atoms with E-state index in [4.69, 9.17) is 15.2 Å². The third-order valence-electron chi connectivity index (χ3n) is 3.36. The maximum Gasteiger partial charge on any atom is 0.124 e. The Kier molecular flexibility index (Phi) is 4.61. The summed E-state index contributed by atoms with van der Waals surface area (Å²) in [6.07, 6.45) is 3.74. The third-order valence-corrected chi connectivity index (χ3v) is 3.36. The highest BCUT2D eigenvalue weighted by Crippen LogP contribution is 2.26. The van der Waals surface area contributed by atoms with Gasteiger partial charge in [-0.3, -0.25) is 0 Å².